The number of hydrogen-bond acceptors (Lipinski definition) is 5. The van der Waals surface area contributed by atoms with Crippen molar-refractivity contribution in [3.63, 3.8) is 0 Å². The number of hydrogen-bond donors (Lipinski definition) is 2. The van der Waals surface area contributed by atoms with E-state index in [1.54, 1.807) is 18.2 Å². The molecule has 0 saturated carbocycles. The number of nitrogens with one attached hydrogen (secondary N) is 1. The highest BCUT2D eigenvalue weighted by molar-refractivity contribution is 6.28. The van der Waals surface area contributed by atoms with Gasteiger partial charge in [0.2, 0.25) is 11.0 Å². The summed E-state index contributed by atoms with van der Waals surface area (Å²) in [5.74, 6) is 1.17. The first-order valence-corrected chi connectivity index (χ1v) is 11.4. The van der Waals surface area contributed by atoms with Gasteiger partial charge in [-0.2, -0.15) is 0 Å². The number of unbranched alkanes of at least 4 members (excludes halogenated alkanes) is 2. The van der Waals surface area contributed by atoms with E-state index in [1.807, 2.05) is 12.1 Å². The fraction of sp³-hybridized carbons (Fsp3) is 0.320. The van der Waals surface area contributed by atoms with Crippen LogP contribution in [-0.2, 0) is 6.42 Å². The maximum absolute atomic E-state index is 13.3. The number of ether oxygens (including phenoxy) is 1. The van der Waals surface area contributed by atoms with Crippen LogP contribution in [0.2, 0.25) is 5.28 Å². The maximum Gasteiger partial charge on any atom is 0.228 e. The van der Waals surface area contributed by atoms with Crippen molar-refractivity contribution < 1.29 is 9.13 Å². The summed E-state index contributed by atoms with van der Waals surface area (Å²) in [5.41, 5.74) is 9.89. The van der Waals surface area contributed by atoms with Gasteiger partial charge in [0.25, 0.3) is 0 Å². The minimum Gasteiger partial charge on any atom is -0.505 e. The van der Waals surface area contributed by atoms with Crippen molar-refractivity contribution in [2.24, 2.45) is 0 Å². The lowest BCUT2D eigenvalue weighted by molar-refractivity contribution is 0.308. The van der Waals surface area contributed by atoms with Crippen LogP contribution < -0.4 is 15.8 Å². The number of anilines is 2. The molecule has 33 heavy (non-hydrogen) atoms. The van der Waals surface area contributed by atoms with Crippen molar-refractivity contribution in [1.29, 1.82) is 0 Å². The lowest BCUT2D eigenvalue weighted by Gasteiger charge is -2.14. The number of benzene rings is 2. The fourth-order valence-corrected chi connectivity index (χ4v) is 4.31. The molecular formula is C25H25ClFN5O. The van der Waals surface area contributed by atoms with E-state index in [2.05, 4.69) is 20.1 Å². The van der Waals surface area contributed by atoms with Crippen LogP contribution >= 0.6 is 11.6 Å². The molecule has 0 radical (unpaired) electrons. The van der Waals surface area contributed by atoms with Crippen LogP contribution in [0.15, 0.2) is 42.5 Å². The average Bonchev–Trinajstić information content (AvgIpc) is 3.23. The number of nitrogens with zero attached hydrogens (tertiary/aromatic N) is 3. The molecule has 4 rings (SSSR count). The molecule has 0 saturated heterocycles. The van der Waals surface area contributed by atoms with E-state index in [0.717, 1.165) is 61.3 Å². The summed E-state index contributed by atoms with van der Waals surface area (Å²) in [6, 6.07) is 11.6. The molecule has 0 amide bonds. The summed E-state index contributed by atoms with van der Waals surface area (Å²) in [7, 11) is 0. The van der Waals surface area contributed by atoms with E-state index in [0.29, 0.717) is 23.7 Å². The highest BCUT2D eigenvalue weighted by Crippen LogP contribution is 2.40. The molecule has 2 aromatic carbocycles. The molecule has 1 unspecified atom stereocenters. The van der Waals surface area contributed by atoms with Gasteiger partial charge in [0.05, 0.1) is 18.9 Å². The smallest absolute Gasteiger partial charge is 0.228 e. The van der Waals surface area contributed by atoms with Crippen molar-refractivity contribution in [3.8, 4) is 5.75 Å². The first-order valence-electron chi connectivity index (χ1n) is 11.0. The summed E-state index contributed by atoms with van der Waals surface area (Å²) in [4.78, 5) is 12.4. The van der Waals surface area contributed by atoms with Gasteiger partial charge in [-0.3, -0.25) is 0 Å². The molecule has 1 aromatic heterocycles. The fourth-order valence-electron chi connectivity index (χ4n) is 4.13. The molecule has 0 bridgehead atoms. The monoisotopic (exact) mass is 465 g/mol. The molecule has 1 aliphatic carbocycles. The summed E-state index contributed by atoms with van der Waals surface area (Å²) in [5, 5.41) is 3.63. The van der Waals surface area contributed by atoms with E-state index in [9.17, 15) is 4.39 Å². The molecule has 0 spiro atoms. The van der Waals surface area contributed by atoms with E-state index in [-0.39, 0.29) is 17.0 Å². The molecule has 0 aliphatic heterocycles. The molecule has 3 N–H and O–H groups in total. The summed E-state index contributed by atoms with van der Waals surface area (Å²) in [6.07, 6.45) is 4.52. The van der Waals surface area contributed by atoms with Crippen molar-refractivity contribution >= 4 is 28.8 Å². The minimum atomic E-state index is -0.245. The molecule has 170 valence electrons. The predicted molar refractivity (Wildman–Crippen MR) is 129 cm³/mol. The van der Waals surface area contributed by atoms with Crippen molar-refractivity contribution in [3.05, 3.63) is 81.8 Å². The van der Waals surface area contributed by atoms with Gasteiger partial charge in [-0.15, -0.1) is 0 Å². The molecule has 6 nitrogen and oxygen atoms in total. The highest BCUT2D eigenvalue weighted by atomic mass is 35.5. The molecule has 0 fully saturated rings. The second kappa shape index (κ2) is 10.5. The lowest BCUT2D eigenvalue weighted by Crippen LogP contribution is -2.09. The van der Waals surface area contributed by atoms with Gasteiger partial charge >= 0.3 is 0 Å². The highest BCUT2D eigenvalue weighted by Gasteiger charge is 2.29. The molecule has 1 aliphatic rings. The zero-order valence-corrected chi connectivity index (χ0v) is 18.9. The van der Waals surface area contributed by atoms with Gasteiger partial charge in [0, 0.05) is 23.7 Å². The van der Waals surface area contributed by atoms with Crippen LogP contribution in [0.25, 0.3) is 4.85 Å². The van der Waals surface area contributed by atoms with Crippen LogP contribution in [0.1, 0.15) is 48.4 Å². The summed E-state index contributed by atoms with van der Waals surface area (Å²) in [6.45, 7) is 8.49. The zero-order chi connectivity index (χ0) is 23.2. The van der Waals surface area contributed by atoms with Crippen LogP contribution in [0.3, 0.4) is 0 Å². The van der Waals surface area contributed by atoms with Crippen molar-refractivity contribution in [2.45, 2.75) is 38.0 Å². The Hall–Kier alpha value is -3.37. The third-order valence-electron chi connectivity index (χ3n) is 5.77. The van der Waals surface area contributed by atoms with Crippen molar-refractivity contribution in [1.82, 2.24) is 9.97 Å². The van der Waals surface area contributed by atoms with E-state index in [1.165, 1.54) is 12.1 Å². The molecular weight excluding hydrogens is 441 g/mol. The Bertz CT molecular complexity index is 1160. The van der Waals surface area contributed by atoms with E-state index in [4.69, 9.17) is 28.6 Å². The van der Waals surface area contributed by atoms with Crippen LogP contribution in [0.4, 0.5) is 21.6 Å². The first kappa shape index (κ1) is 22.8. The molecule has 3 aromatic rings. The van der Waals surface area contributed by atoms with Crippen molar-refractivity contribution in [2.75, 3.05) is 24.2 Å². The van der Waals surface area contributed by atoms with Gasteiger partial charge in [-0.1, -0.05) is 18.2 Å². The third kappa shape index (κ3) is 5.52. The van der Waals surface area contributed by atoms with Crippen LogP contribution in [-0.4, -0.2) is 23.1 Å². The first-order chi connectivity index (χ1) is 16.0. The number of nitrogens with two attached hydrogens (primary N) is 1. The van der Waals surface area contributed by atoms with Gasteiger partial charge in [0.1, 0.15) is 17.4 Å². The number of fused-ring (bicyclic) bond motifs is 1. The predicted octanol–water partition coefficient (Wildman–Crippen LogP) is 6.14. The number of halogens is 2. The number of rotatable bonds is 9. The standard InChI is InChI=1S/C25H25ClFN5O/c1-29-21-12-9-18(28)15-22(21)33-14-4-2-3-13-30-24-20-11-10-19(23(20)31-25(26)32-24)16-5-7-17(27)8-6-16/h5-9,12,15,19H,2-4,10-11,13-14,28H2,(H,30,31,32). The van der Waals surface area contributed by atoms with Gasteiger partial charge in [-0.25, -0.2) is 19.2 Å². The molecule has 8 heteroatoms. The largest absolute Gasteiger partial charge is 0.505 e. The van der Waals surface area contributed by atoms with Crippen LogP contribution in [0.5, 0.6) is 5.75 Å². The lowest BCUT2D eigenvalue weighted by atomic mass is 9.97. The molecule has 1 atom stereocenters. The maximum atomic E-state index is 13.3. The van der Waals surface area contributed by atoms with E-state index < -0.39 is 0 Å². The normalized spacial score (nSPS) is 14.5. The summed E-state index contributed by atoms with van der Waals surface area (Å²) < 4.78 is 19.0. The number of nitrogen functional groups attached to an aromatic ring is 1. The van der Waals surface area contributed by atoms with Gasteiger partial charge < -0.3 is 15.8 Å². The Labute approximate surface area is 197 Å². The quantitative estimate of drug-likeness (QED) is 0.172. The Morgan fingerprint density at radius 3 is 2.76 bits per heavy atom. The zero-order valence-electron chi connectivity index (χ0n) is 18.2. The Morgan fingerprint density at radius 2 is 1.97 bits per heavy atom. The molecule has 1 heterocycles. The Kier molecular flexibility index (Phi) is 7.26. The van der Waals surface area contributed by atoms with Gasteiger partial charge in [0.15, 0.2) is 0 Å². The van der Waals surface area contributed by atoms with Crippen LogP contribution in [0, 0.1) is 12.4 Å². The third-order valence-corrected chi connectivity index (χ3v) is 5.94. The number of aromatic nitrogens is 2. The SMILES string of the molecule is [C-]#[N+]c1ccc(N)cc1OCCCCCNc1nc(Cl)nc2c1CCC2c1ccc(F)cc1. The summed E-state index contributed by atoms with van der Waals surface area (Å²) >= 11 is 6.21. The average molecular weight is 466 g/mol. The Balaban J connectivity index is 1.28. The topological polar surface area (TPSA) is 77.4 Å². The minimum absolute atomic E-state index is 0.103. The second-order valence-electron chi connectivity index (χ2n) is 8.02. The van der Waals surface area contributed by atoms with E-state index >= 15 is 0 Å². The second-order valence-corrected chi connectivity index (χ2v) is 8.36. The Morgan fingerprint density at radius 1 is 1.15 bits per heavy atom. The van der Waals surface area contributed by atoms with Gasteiger partial charge in [-0.05, 0) is 73.5 Å².